The molecule has 0 saturated heterocycles. The van der Waals surface area contributed by atoms with E-state index in [-0.39, 0.29) is 27.5 Å². The van der Waals surface area contributed by atoms with Gasteiger partial charge >= 0.3 is 0 Å². The number of carbonyl (C=O) groups excluding carboxylic acids is 1. The van der Waals surface area contributed by atoms with Crippen LogP contribution in [0.5, 0.6) is 0 Å². The summed E-state index contributed by atoms with van der Waals surface area (Å²) in [6.07, 6.45) is 5.75. The van der Waals surface area contributed by atoms with Crippen molar-refractivity contribution in [2.75, 3.05) is 11.4 Å². The summed E-state index contributed by atoms with van der Waals surface area (Å²) in [5.74, 6) is -0.183. The molecule has 0 radical (unpaired) electrons. The zero-order valence-electron chi connectivity index (χ0n) is 19.6. The fourth-order valence-corrected chi connectivity index (χ4v) is 5.48. The van der Waals surface area contributed by atoms with Gasteiger partial charge in [-0.1, -0.05) is 92.5 Å². The molecule has 0 N–H and O–H groups in total. The number of anilines is 1. The molecule has 0 saturated carbocycles. The van der Waals surface area contributed by atoms with Gasteiger partial charge in [0.1, 0.15) is 10.2 Å². The van der Waals surface area contributed by atoms with Gasteiger partial charge in [-0.2, -0.15) is 14.6 Å². The highest BCUT2D eigenvalue weighted by molar-refractivity contribution is 7.15. The van der Waals surface area contributed by atoms with Crippen molar-refractivity contribution in [2.45, 2.75) is 45.4 Å². The van der Waals surface area contributed by atoms with Crippen molar-refractivity contribution in [3.63, 3.8) is 0 Å². The van der Waals surface area contributed by atoms with E-state index in [1.165, 1.54) is 12.8 Å². The van der Waals surface area contributed by atoms with Crippen molar-refractivity contribution in [1.82, 2.24) is 14.6 Å². The molecule has 1 aliphatic heterocycles. The van der Waals surface area contributed by atoms with Gasteiger partial charge in [-0.05, 0) is 18.1 Å². The Morgan fingerprint density at radius 1 is 0.886 bits per heavy atom. The van der Waals surface area contributed by atoms with Gasteiger partial charge in [0.2, 0.25) is 4.96 Å². The van der Waals surface area contributed by atoms with Crippen LogP contribution >= 0.6 is 11.3 Å². The minimum atomic E-state index is -0.460. The lowest BCUT2D eigenvalue weighted by Gasteiger charge is -2.16. The summed E-state index contributed by atoms with van der Waals surface area (Å²) in [7, 11) is 0. The van der Waals surface area contributed by atoms with E-state index in [9.17, 15) is 14.4 Å². The Labute approximate surface area is 206 Å². The Kier molecular flexibility index (Phi) is 6.55. The number of para-hydroxylation sites is 1. The zero-order valence-corrected chi connectivity index (χ0v) is 20.4. The molecule has 3 heterocycles. The van der Waals surface area contributed by atoms with Gasteiger partial charge in [0, 0.05) is 18.5 Å². The topological polar surface area (TPSA) is 84.6 Å². The number of unbranched alkanes of at least 4 members (excludes halogenated alkanes) is 4. The molecule has 35 heavy (non-hydrogen) atoms. The van der Waals surface area contributed by atoms with Gasteiger partial charge in [0.25, 0.3) is 17.0 Å². The fraction of sp³-hybridized carbons (Fsp3) is 0.296. The second kappa shape index (κ2) is 9.92. The third kappa shape index (κ3) is 4.41. The molecule has 0 spiro atoms. The third-order valence-corrected chi connectivity index (χ3v) is 7.31. The summed E-state index contributed by atoms with van der Waals surface area (Å²) < 4.78 is 1.43. The summed E-state index contributed by atoms with van der Waals surface area (Å²) >= 11 is 1.05. The number of carbonyl (C=O) groups is 1. The van der Waals surface area contributed by atoms with Crippen LogP contribution in [0.4, 0.5) is 5.69 Å². The smallest absolute Gasteiger partial charge is 0.296 e. The quantitative estimate of drug-likeness (QED) is 0.357. The van der Waals surface area contributed by atoms with E-state index in [0.717, 1.165) is 51.9 Å². The van der Waals surface area contributed by atoms with Gasteiger partial charge in [0.05, 0.1) is 11.3 Å². The number of thiazole rings is 1. The van der Waals surface area contributed by atoms with Crippen LogP contribution in [-0.2, 0) is 11.2 Å². The highest BCUT2D eigenvalue weighted by atomic mass is 32.1. The Morgan fingerprint density at radius 3 is 2.43 bits per heavy atom. The first-order valence-electron chi connectivity index (χ1n) is 12.0. The number of fused-ring (bicyclic) bond motifs is 2. The molecule has 1 amide bonds. The second-order valence-corrected chi connectivity index (χ2v) is 9.70. The molecule has 0 unspecified atom stereocenters. The lowest BCUT2D eigenvalue weighted by Crippen LogP contribution is -2.33. The standard InChI is InChI=1S/C27H26N4O3S/c1-2-3-4-5-11-16-30-21-15-10-9-14-19(21)22(25(30)33)23-26(34)31-27(35-23)28-24(32)20(29-31)17-18-12-7-6-8-13-18/h6-10,12-15H,2-5,11,16-17H2,1H3. The molecule has 1 aliphatic rings. The Bertz CT molecular complexity index is 1560. The number of benzene rings is 2. The van der Waals surface area contributed by atoms with Crippen LogP contribution in [0.1, 0.15) is 55.8 Å². The largest absolute Gasteiger partial charge is 0.308 e. The van der Waals surface area contributed by atoms with E-state index in [1.54, 1.807) is 4.90 Å². The maximum Gasteiger partial charge on any atom is 0.296 e. The Balaban J connectivity index is 1.57. The minimum Gasteiger partial charge on any atom is -0.308 e. The van der Waals surface area contributed by atoms with Crippen molar-refractivity contribution >= 4 is 33.5 Å². The molecule has 0 aliphatic carbocycles. The van der Waals surface area contributed by atoms with Crippen molar-refractivity contribution in [1.29, 1.82) is 0 Å². The predicted octanol–water partition coefficient (Wildman–Crippen LogP) is 3.34. The first kappa shape index (κ1) is 23.1. The van der Waals surface area contributed by atoms with Gasteiger partial charge in [-0.3, -0.25) is 14.4 Å². The first-order chi connectivity index (χ1) is 17.1. The average molecular weight is 487 g/mol. The van der Waals surface area contributed by atoms with Crippen molar-refractivity contribution in [2.24, 2.45) is 0 Å². The molecule has 2 aromatic heterocycles. The monoisotopic (exact) mass is 486 g/mol. The van der Waals surface area contributed by atoms with Crippen molar-refractivity contribution in [3.8, 4) is 0 Å². The molecule has 7 nitrogen and oxygen atoms in total. The molecule has 8 heteroatoms. The lowest BCUT2D eigenvalue weighted by atomic mass is 10.1. The molecule has 178 valence electrons. The predicted molar refractivity (Wildman–Crippen MR) is 138 cm³/mol. The van der Waals surface area contributed by atoms with E-state index < -0.39 is 11.1 Å². The number of amides is 1. The first-order valence-corrected chi connectivity index (χ1v) is 12.8. The van der Waals surface area contributed by atoms with Crippen LogP contribution in [0.25, 0.3) is 10.5 Å². The Hall–Kier alpha value is -3.65. The van der Waals surface area contributed by atoms with E-state index in [0.29, 0.717) is 12.1 Å². The van der Waals surface area contributed by atoms with E-state index in [2.05, 4.69) is 17.0 Å². The molecule has 0 bridgehead atoms. The fourth-order valence-electron chi connectivity index (χ4n) is 4.49. The normalized spacial score (nSPS) is 14.7. The maximum atomic E-state index is 13.5. The van der Waals surface area contributed by atoms with Crippen molar-refractivity contribution < 1.29 is 4.79 Å². The molecule has 0 fully saturated rings. The van der Waals surface area contributed by atoms with E-state index in [4.69, 9.17) is 0 Å². The second-order valence-electron chi connectivity index (χ2n) is 8.72. The summed E-state index contributed by atoms with van der Waals surface area (Å²) in [6.45, 7) is 2.78. The van der Waals surface area contributed by atoms with Crippen LogP contribution < -0.4 is 20.6 Å². The van der Waals surface area contributed by atoms with Gasteiger partial charge in [-0.15, -0.1) is 0 Å². The molecular formula is C27H26N4O3S. The highest BCUT2D eigenvalue weighted by Crippen LogP contribution is 2.35. The SMILES string of the molecule is CCCCCCCN1C(=O)C(=c2sc3nc(=O)c(Cc4ccccc4)nn3c2=O)c2ccccc21. The van der Waals surface area contributed by atoms with Crippen LogP contribution in [0, 0.1) is 0 Å². The number of rotatable bonds is 8. The molecule has 5 rings (SSSR count). The van der Waals surface area contributed by atoms with E-state index >= 15 is 0 Å². The van der Waals surface area contributed by atoms with Gasteiger partial charge < -0.3 is 4.90 Å². The van der Waals surface area contributed by atoms with Gasteiger partial charge in [-0.25, -0.2) is 0 Å². The zero-order chi connectivity index (χ0) is 24.4. The van der Waals surface area contributed by atoms with Crippen LogP contribution in [-0.4, -0.2) is 27.0 Å². The number of aromatic nitrogens is 3. The highest BCUT2D eigenvalue weighted by Gasteiger charge is 2.33. The molecule has 2 aromatic carbocycles. The third-order valence-electron chi connectivity index (χ3n) is 6.28. The van der Waals surface area contributed by atoms with Crippen LogP contribution in [0.3, 0.4) is 0 Å². The summed E-state index contributed by atoms with van der Waals surface area (Å²) in [4.78, 5) is 45.7. The maximum absolute atomic E-state index is 13.5. The molecule has 4 aromatic rings. The van der Waals surface area contributed by atoms with Crippen molar-refractivity contribution in [3.05, 3.63) is 96.7 Å². The summed E-state index contributed by atoms with van der Waals surface area (Å²) in [5, 5.41) is 4.34. The average Bonchev–Trinajstić information content (AvgIpc) is 3.32. The summed E-state index contributed by atoms with van der Waals surface area (Å²) in [6, 6.07) is 17.0. The Morgan fingerprint density at radius 2 is 1.63 bits per heavy atom. The summed E-state index contributed by atoms with van der Waals surface area (Å²) in [5.41, 5.74) is 2.15. The molecule has 0 atom stereocenters. The number of hydrogen-bond donors (Lipinski definition) is 0. The van der Waals surface area contributed by atoms with Crippen LogP contribution in [0.2, 0.25) is 0 Å². The minimum absolute atomic E-state index is 0.183. The number of nitrogens with zero attached hydrogens (tertiary/aromatic N) is 4. The lowest BCUT2D eigenvalue weighted by molar-refractivity contribution is -0.113. The van der Waals surface area contributed by atoms with Crippen LogP contribution in [0.15, 0.2) is 64.2 Å². The van der Waals surface area contributed by atoms with E-state index in [1.807, 2.05) is 54.6 Å². The molecular weight excluding hydrogens is 460 g/mol. The number of hydrogen-bond acceptors (Lipinski definition) is 6. The van der Waals surface area contributed by atoms with Gasteiger partial charge in [0.15, 0.2) is 0 Å².